The van der Waals surface area contributed by atoms with Crippen LogP contribution in [0.1, 0.15) is 129 Å². The Morgan fingerprint density at radius 2 is 1.07 bits per heavy atom. The molecule has 0 unspecified atom stereocenters. The van der Waals surface area contributed by atoms with Gasteiger partial charge in [-0.15, -0.1) is 0 Å². The molecule has 0 saturated carbocycles. The van der Waals surface area contributed by atoms with E-state index in [4.69, 9.17) is 9.72 Å². The number of benzene rings is 7. The predicted molar refractivity (Wildman–Crippen MR) is 303 cm³/mol. The number of rotatable bonds is 10. The van der Waals surface area contributed by atoms with Gasteiger partial charge in [-0.1, -0.05) is 193 Å². The first-order valence-electron chi connectivity index (χ1n) is 25.8. The molecule has 5 nitrogen and oxygen atoms in total. The molecule has 3 heterocycles. The fourth-order valence-corrected chi connectivity index (χ4v) is 10.2. The van der Waals surface area contributed by atoms with Gasteiger partial charge in [-0.05, 0) is 127 Å². The first-order chi connectivity index (χ1) is 34.6. The van der Waals surface area contributed by atoms with Crippen molar-refractivity contribution in [2.45, 2.75) is 117 Å². The van der Waals surface area contributed by atoms with E-state index in [0.717, 1.165) is 56.4 Å². The zero-order chi connectivity index (χ0) is 51.7. The summed E-state index contributed by atoms with van der Waals surface area (Å²) in [4.78, 5) is 5.04. The van der Waals surface area contributed by atoms with Crippen molar-refractivity contribution in [3.8, 4) is 39.8 Å². The molecule has 10 rings (SSSR count). The second-order valence-electron chi connectivity index (χ2n) is 24.2. The average Bonchev–Trinajstić information content (AvgIpc) is 3.97. The maximum atomic E-state index is 7.19. The normalized spacial score (nSPS) is 12.7. The lowest BCUT2D eigenvalue weighted by Gasteiger charge is -2.28. The number of hydrogen-bond acceptors (Lipinski definition) is 2. The van der Waals surface area contributed by atoms with Gasteiger partial charge in [0.05, 0.1) is 28.1 Å². The smallest absolute Gasteiger partial charge is 0.269 e. The Labute approximate surface area is 433 Å². The van der Waals surface area contributed by atoms with Gasteiger partial charge in [0.1, 0.15) is 17.3 Å². The number of hydrogen-bond donors (Lipinski definition) is 0. The van der Waals surface area contributed by atoms with Crippen LogP contribution in [0.3, 0.4) is 0 Å². The standard InChI is InChI=1S/C68H70N4O/c1-64(2,3)50-33-34-69-63(41-50)72-60-32-29-51(67(10,11)48-25-19-15-20-26-48)40-59(60)58-31-30-56(43-61(58)72)73-57-39-53(68(12,13)49-27-21-16-22-28-49)38-55(42-57)71-45-70(44-62(71)66(7,8)9)54-36-47(46-23-17-14-18-24-46)35-52(37-54)65(4,5)6/h14-44H,1-13H3. The SMILES string of the molecule is CC(C)(C)c1cc(-c2ccccc2)cc(-[n+]2[c-]n(-c3cc(Oc4ccc5c6cc(C(C)(C)c7ccccc7)ccc6n(-c6cc(C(C)(C)C)ccn6)c5c4)cc(C(C)(C)c4ccccc4)c3)c(C(C)(C)C)c2)c1. The van der Waals surface area contributed by atoms with Crippen molar-refractivity contribution in [1.29, 1.82) is 0 Å². The number of ether oxygens (including phenoxy) is 1. The van der Waals surface area contributed by atoms with Crippen LogP contribution in [0.2, 0.25) is 0 Å². The van der Waals surface area contributed by atoms with Crippen LogP contribution in [-0.4, -0.2) is 14.1 Å². The molecule has 368 valence electrons. The van der Waals surface area contributed by atoms with Crippen LogP contribution in [0.15, 0.2) is 188 Å². The van der Waals surface area contributed by atoms with E-state index in [1.54, 1.807) is 0 Å². The summed E-state index contributed by atoms with van der Waals surface area (Å²) >= 11 is 0. The van der Waals surface area contributed by atoms with Crippen molar-refractivity contribution >= 4 is 21.8 Å². The minimum Gasteiger partial charge on any atom is -0.458 e. The van der Waals surface area contributed by atoms with Crippen LogP contribution in [0.5, 0.6) is 11.5 Å². The van der Waals surface area contributed by atoms with Crippen molar-refractivity contribution in [2.24, 2.45) is 0 Å². The Hall–Kier alpha value is -7.50. The third kappa shape index (κ3) is 9.54. The predicted octanol–water partition coefficient (Wildman–Crippen LogP) is 17.0. The molecule has 0 fully saturated rings. The van der Waals surface area contributed by atoms with E-state index in [1.807, 2.05) is 6.20 Å². The van der Waals surface area contributed by atoms with E-state index in [2.05, 4.69) is 292 Å². The maximum Gasteiger partial charge on any atom is 0.269 e. The van der Waals surface area contributed by atoms with Gasteiger partial charge >= 0.3 is 0 Å². The van der Waals surface area contributed by atoms with Gasteiger partial charge < -0.3 is 4.74 Å². The van der Waals surface area contributed by atoms with Crippen LogP contribution >= 0.6 is 0 Å². The second-order valence-corrected chi connectivity index (χ2v) is 24.2. The summed E-state index contributed by atoms with van der Waals surface area (Å²) in [5, 5.41) is 2.32. The molecule has 0 amide bonds. The Morgan fingerprint density at radius 3 is 1.70 bits per heavy atom. The molecule has 3 aromatic heterocycles. The number of fused-ring (bicyclic) bond motifs is 3. The molecular formula is C68H70N4O. The van der Waals surface area contributed by atoms with Crippen molar-refractivity contribution in [1.82, 2.24) is 14.1 Å². The van der Waals surface area contributed by atoms with Gasteiger partial charge in [0.25, 0.3) is 6.33 Å². The van der Waals surface area contributed by atoms with E-state index in [0.29, 0.717) is 0 Å². The van der Waals surface area contributed by atoms with Crippen molar-refractivity contribution in [2.75, 3.05) is 0 Å². The molecule has 0 atom stereocenters. The Kier molecular flexibility index (Phi) is 12.2. The molecule has 0 saturated heterocycles. The van der Waals surface area contributed by atoms with E-state index >= 15 is 0 Å². The highest BCUT2D eigenvalue weighted by Gasteiger charge is 2.29. The average molecular weight is 959 g/mol. The molecule has 73 heavy (non-hydrogen) atoms. The summed E-state index contributed by atoms with van der Waals surface area (Å²) in [6.45, 7) is 29.7. The van der Waals surface area contributed by atoms with Crippen LogP contribution in [0.25, 0.3) is 50.1 Å². The first kappa shape index (κ1) is 49.1. The van der Waals surface area contributed by atoms with Gasteiger partial charge in [0.15, 0.2) is 0 Å². The molecule has 0 aliphatic heterocycles. The summed E-state index contributed by atoms with van der Waals surface area (Å²) < 4.78 is 13.9. The zero-order valence-corrected chi connectivity index (χ0v) is 45.1. The summed E-state index contributed by atoms with van der Waals surface area (Å²) in [5.74, 6) is 2.36. The summed E-state index contributed by atoms with van der Waals surface area (Å²) in [7, 11) is 0. The molecule has 0 bridgehead atoms. The van der Waals surface area contributed by atoms with E-state index in [9.17, 15) is 0 Å². The lowest BCUT2D eigenvalue weighted by molar-refractivity contribution is -0.599. The Bertz CT molecular complexity index is 3630. The minimum absolute atomic E-state index is 0.0569. The molecule has 7 aromatic carbocycles. The molecule has 0 aliphatic carbocycles. The Balaban J connectivity index is 1.15. The maximum absolute atomic E-state index is 7.19. The van der Waals surface area contributed by atoms with Gasteiger partial charge in [0.2, 0.25) is 0 Å². The number of aromatic nitrogens is 4. The third-order valence-electron chi connectivity index (χ3n) is 15.0. The van der Waals surface area contributed by atoms with Crippen LogP contribution in [-0.2, 0) is 27.1 Å². The Morgan fingerprint density at radius 1 is 0.438 bits per heavy atom. The van der Waals surface area contributed by atoms with Crippen molar-refractivity contribution in [3.05, 3.63) is 234 Å². The quantitative estimate of drug-likeness (QED) is 0.101. The summed E-state index contributed by atoms with van der Waals surface area (Å²) in [5.41, 5.74) is 14.1. The lowest BCUT2D eigenvalue weighted by Crippen LogP contribution is -2.29. The highest BCUT2D eigenvalue weighted by Crippen LogP contribution is 2.42. The van der Waals surface area contributed by atoms with Crippen molar-refractivity contribution < 1.29 is 9.30 Å². The fourth-order valence-electron chi connectivity index (χ4n) is 10.2. The summed E-state index contributed by atoms with van der Waals surface area (Å²) in [6.07, 6.45) is 8.06. The molecule has 0 spiro atoms. The number of nitrogens with zero attached hydrogens (tertiary/aromatic N) is 4. The monoisotopic (exact) mass is 959 g/mol. The molecule has 0 N–H and O–H groups in total. The summed E-state index contributed by atoms with van der Waals surface area (Å²) in [6, 6.07) is 63.8. The van der Waals surface area contributed by atoms with Crippen LogP contribution in [0.4, 0.5) is 0 Å². The third-order valence-corrected chi connectivity index (χ3v) is 15.0. The minimum atomic E-state index is -0.364. The molecule has 0 aliphatic rings. The molecule has 0 radical (unpaired) electrons. The van der Waals surface area contributed by atoms with Gasteiger partial charge in [0, 0.05) is 40.1 Å². The zero-order valence-electron chi connectivity index (χ0n) is 45.1. The largest absolute Gasteiger partial charge is 0.458 e. The highest BCUT2D eigenvalue weighted by molar-refractivity contribution is 6.10. The second kappa shape index (κ2) is 18.2. The van der Waals surface area contributed by atoms with Gasteiger partial charge in [-0.3, -0.25) is 13.7 Å². The molecule has 5 heteroatoms. The topological polar surface area (TPSA) is 35.9 Å². The first-order valence-corrected chi connectivity index (χ1v) is 25.8. The molecular weight excluding hydrogens is 889 g/mol. The van der Waals surface area contributed by atoms with Crippen LogP contribution in [0, 0.1) is 6.33 Å². The van der Waals surface area contributed by atoms with E-state index < -0.39 is 0 Å². The number of imidazole rings is 1. The van der Waals surface area contributed by atoms with Gasteiger partial charge in [-0.2, -0.15) is 0 Å². The van der Waals surface area contributed by atoms with E-state index in [-0.39, 0.29) is 27.1 Å². The lowest BCUT2D eigenvalue weighted by atomic mass is 9.78. The van der Waals surface area contributed by atoms with E-state index in [1.165, 1.54) is 44.3 Å². The fraction of sp³-hybridized carbons (Fsp3) is 0.265. The highest BCUT2D eigenvalue weighted by atomic mass is 16.5. The van der Waals surface area contributed by atoms with Gasteiger partial charge in [-0.25, -0.2) is 4.98 Å². The van der Waals surface area contributed by atoms with Crippen LogP contribution < -0.4 is 9.30 Å². The van der Waals surface area contributed by atoms with Crippen molar-refractivity contribution in [3.63, 3.8) is 0 Å². The molecule has 10 aromatic rings. The number of pyridine rings is 1.